The lowest BCUT2D eigenvalue weighted by Gasteiger charge is -2.28. The average molecular weight is 440 g/mol. The molecule has 1 saturated heterocycles. The largest absolute Gasteiger partial charge is 0.511 e. The number of rotatable bonds is 3. The van der Waals surface area contributed by atoms with Crippen LogP contribution in [-0.4, -0.2) is 59.0 Å². The molecule has 0 saturated carbocycles. The summed E-state index contributed by atoms with van der Waals surface area (Å²) in [6.07, 6.45) is 5.69. The second kappa shape index (κ2) is 10.1. The fourth-order valence-electron chi connectivity index (χ4n) is 1.86. The molecular formula is C11H24F6N3O4S2+. The van der Waals surface area contributed by atoms with Gasteiger partial charge in [0.25, 0.3) is 0 Å². The molecule has 0 bridgehead atoms. The molecule has 0 aromatic heterocycles. The fraction of sp³-hybridized carbons (Fsp3) is 1.00. The maximum Gasteiger partial charge on any atom is 0.511 e. The van der Waals surface area contributed by atoms with Crippen LogP contribution in [0.15, 0.2) is 0 Å². The van der Waals surface area contributed by atoms with Gasteiger partial charge in [-0.05, 0) is 6.42 Å². The molecule has 26 heavy (non-hydrogen) atoms. The van der Waals surface area contributed by atoms with Crippen LogP contribution in [0.5, 0.6) is 0 Å². The summed E-state index contributed by atoms with van der Waals surface area (Å²) >= 11 is 0. The first-order chi connectivity index (χ1) is 11.3. The van der Waals surface area contributed by atoms with Crippen molar-refractivity contribution in [2.45, 2.75) is 43.6 Å². The van der Waals surface area contributed by atoms with Crippen molar-refractivity contribution in [1.82, 2.24) is 0 Å². The van der Waals surface area contributed by atoms with Crippen molar-refractivity contribution < 1.29 is 47.7 Å². The van der Waals surface area contributed by atoms with Crippen LogP contribution in [0.25, 0.3) is 0 Å². The molecule has 1 aliphatic heterocycles. The molecule has 0 amide bonds. The SMILES string of the molecule is CCCC[N+]1(C)CCCC1.NS(=O)(=O)C(F)(F)F.NS(=O)(=O)C(F)(F)F. The smallest absolute Gasteiger partial charge is 0.326 e. The Kier molecular flexibility index (Phi) is 10.7. The Labute approximate surface area is 149 Å². The number of halogens is 6. The van der Waals surface area contributed by atoms with E-state index in [0.717, 1.165) is 0 Å². The highest BCUT2D eigenvalue weighted by Gasteiger charge is 2.43. The zero-order valence-electron chi connectivity index (χ0n) is 14.3. The van der Waals surface area contributed by atoms with Gasteiger partial charge in [0, 0.05) is 12.8 Å². The van der Waals surface area contributed by atoms with Gasteiger partial charge < -0.3 is 4.48 Å². The standard InChI is InChI=1S/C9H20N.2CH2F3NO2S/c1-3-4-7-10(2)8-5-6-9-10;2*2-1(3,4)8(5,6)7/h3-9H2,1-2H3;2*(H2,5,6,7)/q+1;;. The highest BCUT2D eigenvalue weighted by molar-refractivity contribution is 7.90. The predicted octanol–water partition coefficient (Wildman–Crippen LogP) is 1.62. The molecule has 0 aliphatic carbocycles. The number of alkyl halides is 6. The van der Waals surface area contributed by atoms with E-state index < -0.39 is 31.1 Å². The topological polar surface area (TPSA) is 120 Å². The molecule has 15 heteroatoms. The Morgan fingerprint density at radius 2 is 1.12 bits per heavy atom. The number of sulfonamides is 2. The summed E-state index contributed by atoms with van der Waals surface area (Å²) in [5.41, 5.74) is -10.6. The number of unbranched alkanes of at least 4 members (excludes halogenated alkanes) is 1. The van der Waals surface area contributed by atoms with Crippen LogP contribution in [-0.2, 0) is 20.0 Å². The molecule has 4 N–H and O–H groups in total. The molecule has 0 unspecified atom stereocenters. The minimum Gasteiger partial charge on any atom is -0.326 e. The first kappa shape index (κ1) is 27.6. The lowest BCUT2D eigenvalue weighted by molar-refractivity contribution is -0.897. The Bertz CT molecular complexity index is 569. The van der Waals surface area contributed by atoms with Crippen molar-refractivity contribution in [3.8, 4) is 0 Å². The van der Waals surface area contributed by atoms with Crippen LogP contribution in [0.3, 0.4) is 0 Å². The first-order valence-electron chi connectivity index (χ1n) is 7.28. The molecule has 1 rings (SSSR count). The van der Waals surface area contributed by atoms with Gasteiger partial charge in [0.05, 0.1) is 26.7 Å². The maximum absolute atomic E-state index is 10.8. The molecule has 0 aromatic rings. The normalized spacial score (nSPS) is 17.6. The van der Waals surface area contributed by atoms with E-state index in [1.165, 1.54) is 49.8 Å². The predicted molar refractivity (Wildman–Crippen MR) is 83.3 cm³/mol. The summed E-state index contributed by atoms with van der Waals surface area (Å²) in [7, 11) is -8.28. The zero-order valence-corrected chi connectivity index (χ0v) is 15.9. The van der Waals surface area contributed by atoms with Gasteiger partial charge in [-0.15, -0.1) is 0 Å². The second-order valence-corrected chi connectivity index (χ2v) is 8.94. The number of likely N-dealkylation sites (tertiary alicyclic amines) is 1. The van der Waals surface area contributed by atoms with Gasteiger partial charge in [0.2, 0.25) is 0 Å². The highest BCUT2D eigenvalue weighted by Crippen LogP contribution is 2.19. The molecule has 160 valence electrons. The molecule has 0 spiro atoms. The molecule has 1 fully saturated rings. The number of hydrogen-bond acceptors (Lipinski definition) is 4. The third-order valence-corrected chi connectivity index (χ3v) is 4.63. The van der Waals surface area contributed by atoms with Crippen LogP contribution in [0.2, 0.25) is 0 Å². The van der Waals surface area contributed by atoms with Gasteiger partial charge >= 0.3 is 31.1 Å². The quantitative estimate of drug-likeness (QED) is 0.512. The Balaban J connectivity index is 0. The van der Waals surface area contributed by atoms with E-state index in [9.17, 15) is 43.2 Å². The van der Waals surface area contributed by atoms with E-state index in [0.29, 0.717) is 0 Å². The van der Waals surface area contributed by atoms with E-state index in [2.05, 4.69) is 24.2 Å². The second-order valence-electron chi connectivity index (χ2n) is 5.83. The average Bonchev–Trinajstić information content (AvgIpc) is 2.80. The van der Waals surface area contributed by atoms with Crippen molar-refractivity contribution in [3.05, 3.63) is 0 Å². The summed E-state index contributed by atoms with van der Waals surface area (Å²) in [5, 5.41) is 7.32. The van der Waals surface area contributed by atoms with Crippen molar-refractivity contribution >= 4 is 20.0 Å². The van der Waals surface area contributed by atoms with Gasteiger partial charge in [0.1, 0.15) is 0 Å². The van der Waals surface area contributed by atoms with Gasteiger partial charge in [-0.25, -0.2) is 27.1 Å². The third kappa shape index (κ3) is 11.9. The molecule has 0 radical (unpaired) electrons. The fourth-order valence-corrected chi connectivity index (χ4v) is 1.86. The molecule has 1 aliphatic rings. The Morgan fingerprint density at radius 3 is 1.31 bits per heavy atom. The summed E-state index contributed by atoms with van der Waals surface area (Å²) in [6.45, 7) is 6.55. The lowest BCUT2D eigenvalue weighted by Crippen LogP contribution is -2.41. The number of nitrogens with two attached hydrogens (primary N) is 2. The van der Waals surface area contributed by atoms with Crippen LogP contribution in [0.4, 0.5) is 26.3 Å². The molecule has 7 nitrogen and oxygen atoms in total. The monoisotopic (exact) mass is 440 g/mol. The Hall–Kier alpha value is -0.640. The first-order valence-corrected chi connectivity index (χ1v) is 10.4. The van der Waals surface area contributed by atoms with Gasteiger partial charge in [-0.2, -0.15) is 26.3 Å². The van der Waals surface area contributed by atoms with Crippen LogP contribution >= 0.6 is 0 Å². The zero-order chi connectivity index (χ0) is 21.4. The number of primary sulfonamides is 2. The van der Waals surface area contributed by atoms with E-state index in [1.54, 1.807) is 0 Å². The van der Waals surface area contributed by atoms with Gasteiger partial charge in [-0.3, -0.25) is 0 Å². The van der Waals surface area contributed by atoms with Crippen LogP contribution in [0.1, 0.15) is 32.6 Å². The molecule has 1 heterocycles. The van der Waals surface area contributed by atoms with E-state index >= 15 is 0 Å². The maximum atomic E-state index is 10.8. The summed E-state index contributed by atoms with van der Waals surface area (Å²) in [5.74, 6) is 0. The lowest BCUT2D eigenvalue weighted by atomic mass is 10.3. The number of hydrogen-bond donors (Lipinski definition) is 2. The van der Waals surface area contributed by atoms with Crippen molar-refractivity contribution in [1.29, 1.82) is 0 Å². The van der Waals surface area contributed by atoms with Crippen LogP contribution in [0, 0.1) is 0 Å². The van der Waals surface area contributed by atoms with E-state index in [-0.39, 0.29) is 0 Å². The number of quaternary nitrogens is 1. The van der Waals surface area contributed by atoms with Crippen LogP contribution < -0.4 is 10.3 Å². The summed E-state index contributed by atoms with van der Waals surface area (Å²) in [6, 6.07) is 0. The molecular weight excluding hydrogens is 416 g/mol. The van der Waals surface area contributed by atoms with Gasteiger partial charge in [-0.1, -0.05) is 13.3 Å². The molecule has 0 atom stereocenters. The minimum atomic E-state index is -5.34. The van der Waals surface area contributed by atoms with E-state index in [1.807, 2.05) is 0 Å². The van der Waals surface area contributed by atoms with E-state index in [4.69, 9.17) is 0 Å². The van der Waals surface area contributed by atoms with Crippen molar-refractivity contribution in [2.24, 2.45) is 10.3 Å². The van der Waals surface area contributed by atoms with Crippen molar-refractivity contribution in [3.63, 3.8) is 0 Å². The van der Waals surface area contributed by atoms with Crippen molar-refractivity contribution in [2.75, 3.05) is 26.7 Å². The number of nitrogens with zero attached hydrogens (tertiary/aromatic N) is 1. The summed E-state index contributed by atoms with van der Waals surface area (Å²) < 4.78 is 104. The summed E-state index contributed by atoms with van der Waals surface area (Å²) in [4.78, 5) is 0. The Morgan fingerprint density at radius 1 is 0.846 bits per heavy atom. The third-order valence-electron chi connectivity index (χ3n) is 3.34. The van der Waals surface area contributed by atoms with Gasteiger partial charge in [0.15, 0.2) is 0 Å². The highest BCUT2D eigenvalue weighted by atomic mass is 32.2. The molecule has 0 aromatic carbocycles. The minimum absolute atomic E-state index is 1.36.